The Hall–Kier alpha value is -13.6. The van der Waals surface area contributed by atoms with Gasteiger partial charge in [-0.2, -0.15) is 42.1 Å². The van der Waals surface area contributed by atoms with Crippen molar-refractivity contribution in [1.29, 1.82) is 42.1 Å². The summed E-state index contributed by atoms with van der Waals surface area (Å²) in [6, 6.07) is 74.7. The van der Waals surface area contributed by atoms with Crippen LogP contribution in [0.1, 0.15) is 55.9 Å². The maximum Gasteiger partial charge on any atom is 0.165 e. The molecule has 0 aliphatic carbocycles. The van der Waals surface area contributed by atoms with Crippen molar-refractivity contribution in [3.05, 3.63) is 238 Å². The number of nitriles is 8. The zero-order chi connectivity index (χ0) is 60.2. The van der Waals surface area contributed by atoms with Crippen LogP contribution in [0.2, 0.25) is 0 Å². The number of aromatic nitrogens is 6. The Labute approximate surface area is 500 Å². The Kier molecular flexibility index (Phi) is 11.4. The van der Waals surface area contributed by atoms with Crippen molar-refractivity contribution < 1.29 is 0 Å². The van der Waals surface area contributed by atoms with Crippen LogP contribution in [0.15, 0.2) is 182 Å². The molecule has 0 unspecified atom stereocenters. The van der Waals surface area contributed by atoms with E-state index in [4.69, 9.17) is 9.97 Å². The molecule has 0 aliphatic rings. The number of hydrogen-bond donors (Lipinski definition) is 0. The number of benzene rings is 9. The molecule has 9 aromatic carbocycles. The Morgan fingerprint density at radius 3 is 0.795 bits per heavy atom. The van der Waals surface area contributed by atoms with Gasteiger partial charge in [-0.1, -0.05) is 30.3 Å². The van der Waals surface area contributed by atoms with Crippen molar-refractivity contribution in [3.63, 3.8) is 0 Å². The highest BCUT2D eigenvalue weighted by Crippen LogP contribution is 2.51. The lowest BCUT2D eigenvalue weighted by atomic mass is 9.91. The molecular weight excluding hydrogens is 1080 g/mol. The Bertz CT molecular complexity index is 5480. The number of hydrogen-bond acceptors (Lipinski definition) is 10. The van der Waals surface area contributed by atoms with E-state index in [9.17, 15) is 42.1 Å². The molecule has 0 radical (unpaired) electrons. The van der Waals surface area contributed by atoms with E-state index in [1.165, 1.54) is 0 Å². The molecule has 0 atom stereocenters. The van der Waals surface area contributed by atoms with E-state index in [0.717, 1.165) is 22.5 Å². The van der Waals surface area contributed by atoms with Crippen LogP contribution >= 0.6 is 0 Å². The Morgan fingerprint density at radius 1 is 0.273 bits per heavy atom. The molecule has 14 nitrogen and oxygen atoms in total. The molecule has 88 heavy (non-hydrogen) atoms. The second kappa shape index (κ2) is 19.5. The minimum absolute atomic E-state index is 0.362. The largest absolute Gasteiger partial charge is 0.305 e. The number of rotatable bonds is 6. The maximum absolute atomic E-state index is 10.6. The van der Waals surface area contributed by atoms with Crippen LogP contribution in [0, 0.1) is 104 Å². The highest BCUT2D eigenvalue weighted by Gasteiger charge is 2.34. The summed E-state index contributed by atoms with van der Waals surface area (Å²) >= 11 is 0. The van der Waals surface area contributed by atoms with Gasteiger partial charge in [0.05, 0.1) is 137 Å². The molecule has 15 rings (SSSR count). The van der Waals surface area contributed by atoms with E-state index in [2.05, 4.69) is 85.0 Å². The summed E-state index contributed by atoms with van der Waals surface area (Å²) in [5.74, 6) is 0.724. The molecule has 0 saturated carbocycles. The molecule has 0 amide bonds. The molecule has 0 fully saturated rings. The standard InChI is InChI=1S/C74H36N14/c1-41-7-16-51(42(2)83-41)52-5-3-4-6-53(52)70-71(85-62-17-8-43(33-75)25-54(62)55-26-44(34-76)9-18-63(55)85)73(87-66-21-12-47(37-79)29-58(66)59-30-48(38-80)13-22-67(59)87)84-74(88-68-23-14-49(39-81)31-60(68)61-32-50(40-82)15-24-69(61)88)72(70)86-64-19-10-45(35-77)27-56(64)57-28-46(36-78)11-20-65(57)86/h3-32H,1-2H3. The third kappa shape index (κ3) is 7.46. The first-order valence-corrected chi connectivity index (χ1v) is 27.8. The van der Waals surface area contributed by atoms with Crippen LogP contribution in [0.5, 0.6) is 0 Å². The van der Waals surface area contributed by atoms with Crippen molar-refractivity contribution in [3.8, 4) is 93.8 Å². The number of fused-ring (bicyclic) bond motifs is 12. The smallest absolute Gasteiger partial charge is 0.165 e. The molecular formula is C74H36N14. The quantitative estimate of drug-likeness (QED) is 0.153. The summed E-state index contributed by atoms with van der Waals surface area (Å²) in [7, 11) is 0. The van der Waals surface area contributed by atoms with Gasteiger partial charge < -0.3 is 9.13 Å². The van der Waals surface area contributed by atoms with Crippen LogP contribution < -0.4 is 0 Å². The fraction of sp³-hybridized carbons (Fsp3) is 0.0270. The minimum atomic E-state index is 0.362. The third-order valence-corrected chi connectivity index (χ3v) is 16.8. The first-order valence-electron chi connectivity index (χ1n) is 27.8. The van der Waals surface area contributed by atoms with Crippen LogP contribution in [-0.4, -0.2) is 28.2 Å². The van der Waals surface area contributed by atoms with Gasteiger partial charge in [0.25, 0.3) is 0 Å². The molecule has 6 heterocycles. The first kappa shape index (κ1) is 51.3. The van der Waals surface area contributed by atoms with E-state index in [1.54, 1.807) is 48.5 Å². The molecule has 14 heteroatoms. The normalized spacial score (nSPS) is 11.2. The molecule has 6 aromatic heterocycles. The molecule has 15 aromatic rings. The average molecular weight is 1120 g/mol. The SMILES string of the molecule is Cc1ccc(-c2ccccc2-c2c(-n3c4ccc(C#N)cc4c4cc(C#N)ccc43)c(-n3c4ccc(C#N)cc4c4cc(C#N)ccc43)nc(-n3c4ccc(C#N)cc4c4cc(C#N)ccc43)c2-n2c3ccc(C#N)cc3c3cc(C#N)ccc32)c(C)n1. The van der Waals surface area contributed by atoms with Crippen molar-refractivity contribution in [2.75, 3.05) is 0 Å². The van der Waals surface area contributed by atoms with Gasteiger partial charge in [0.1, 0.15) is 11.4 Å². The second-order valence-corrected chi connectivity index (χ2v) is 21.6. The monoisotopic (exact) mass is 1120 g/mol. The fourth-order valence-corrected chi connectivity index (χ4v) is 13.0. The number of aryl methyl sites for hydroxylation is 2. The Balaban J connectivity index is 1.31. The van der Waals surface area contributed by atoms with Gasteiger partial charge in [0.2, 0.25) is 0 Å². The molecule has 0 aliphatic heterocycles. The lowest BCUT2D eigenvalue weighted by Gasteiger charge is -2.28. The summed E-state index contributed by atoms with van der Waals surface area (Å²) in [4.78, 5) is 11.3. The van der Waals surface area contributed by atoms with E-state index in [-0.39, 0.29) is 0 Å². The van der Waals surface area contributed by atoms with Crippen LogP contribution in [0.3, 0.4) is 0 Å². The average Bonchev–Trinajstić information content (AvgIpc) is 1.48. The van der Waals surface area contributed by atoms with E-state index in [0.29, 0.717) is 166 Å². The van der Waals surface area contributed by atoms with Crippen molar-refractivity contribution in [2.24, 2.45) is 0 Å². The van der Waals surface area contributed by atoms with Crippen LogP contribution in [0.25, 0.3) is 132 Å². The summed E-state index contributed by atoms with van der Waals surface area (Å²) in [5.41, 5.74) is 13.8. The lowest BCUT2D eigenvalue weighted by Crippen LogP contribution is -2.16. The van der Waals surface area contributed by atoms with Gasteiger partial charge >= 0.3 is 0 Å². The molecule has 0 saturated heterocycles. The molecule has 0 N–H and O–H groups in total. The first-order chi connectivity index (χ1) is 43.1. The topological polar surface area (TPSA) is 236 Å². The summed E-state index contributed by atoms with van der Waals surface area (Å²) in [6.07, 6.45) is 0. The molecule has 0 bridgehead atoms. The van der Waals surface area contributed by atoms with E-state index >= 15 is 0 Å². The van der Waals surface area contributed by atoms with E-state index < -0.39 is 0 Å². The summed E-state index contributed by atoms with van der Waals surface area (Å²) in [5, 5.41) is 89.8. The number of nitrogens with zero attached hydrogens (tertiary/aromatic N) is 14. The van der Waals surface area contributed by atoms with Crippen molar-refractivity contribution >= 4 is 87.2 Å². The Morgan fingerprint density at radius 2 is 0.534 bits per heavy atom. The summed E-state index contributed by atoms with van der Waals surface area (Å²) in [6.45, 7) is 3.93. The van der Waals surface area contributed by atoms with Crippen LogP contribution in [0.4, 0.5) is 0 Å². The summed E-state index contributed by atoms with van der Waals surface area (Å²) < 4.78 is 8.40. The molecule has 0 spiro atoms. The predicted octanol–water partition coefficient (Wildman–Crippen LogP) is 15.8. The molecule has 402 valence electrons. The van der Waals surface area contributed by atoms with Gasteiger partial charge in [-0.15, -0.1) is 0 Å². The fourth-order valence-electron chi connectivity index (χ4n) is 13.0. The zero-order valence-corrected chi connectivity index (χ0v) is 46.6. The third-order valence-electron chi connectivity index (χ3n) is 16.8. The van der Waals surface area contributed by atoms with Gasteiger partial charge in [-0.25, -0.2) is 4.98 Å². The van der Waals surface area contributed by atoms with E-state index in [1.807, 2.05) is 129 Å². The van der Waals surface area contributed by atoms with Crippen molar-refractivity contribution in [1.82, 2.24) is 28.2 Å². The maximum atomic E-state index is 10.6. The minimum Gasteiger partial charge on any atom is -0.305 e. The van der Waals surface area contributed by atoms with Gasteiger partial charge in [-0.05, 0) is 177 Å². The van der Waals surface area contributed by atoms with Crippen molar-refractivity contribution in [2.45, 2.75) is 13.8 Å². The lowest BCUT2D eigenvalue weighted by molar-refractivity contribution is 0.961. The van der Waals surface area contributed by atoms with Gasteiger partial charge in [-0.3, -0.25) is 14.1 Å². The van der Waals surface area contributed by atoms with Crippen LogP contribution in [-0.2, 0) is 0 Å². The predicted molar refractivity (Wildman–Crippen MR) is 337 cm³/mol. The zero-order valence-electron chi connectivity index (χ0n) is 46.6. The van der Waals surface area contributed by atoms with Gasteiger partial charge in [0, 0.05) is 65.6 Å². The highest BCUT2D eigenvalue weighted by atomic mass is 15.2. The highest BCUT2D eigenvalue weighted by molar-refractivity contribution is 6.17. The number of pyridine rings is 2. The van der Waals surface area contributed by atoms with Gasteiger partial charge in [0.15, 0.2) is 11.6 Å². The second-order valence-electron chi connectivity index (χ2n) is 21.6.